The van der Waals surface area contributed by atoms with E-state index in [0.29, 0.717) is 17.1 Å². The summed E-state index contributed by atoms with van der Waals surface area (Å²) in [5.74, 6) is 0.0604. The van der Waals surface area contributed by atoms with Crippen molar-refractivity contribution in [2.24, 2.45) is 0 Å². The van der Waals surface area contributed by atoms with Crippen molar-refractivity contribution in [2.45, 2.75) is 26.4 Å². The van der Waals surface area contributed by atoms with Crippen LogP contribution in [0.2, 0.25) is 0 Å². The van der Waals surface area contributed by atoms with Crippen molar-refractivity contribution in [3.8, 4) is 11.4 Å². The number of rotatable bonds is 5. The SMILES string of the molecule is COc1ccc(NC(=O)c2ccn(-c3ccccc3)n2)cc1NC(=O)OC(C)(C)C. The number of nitrogens with zero attached hydrogens (tertiary/aromatic N) is 2. The highest BCUT2D eigenvalue weighted by molar-refractivity contribution is 6.03. The minimum absolute atomic E-state index is 0.260. The second-order valence-corrected chi connectivity index (χ2v) is 7.48. The standard InChI is InChI=1S/C22H24N4O4/c1-22(2,3)30-21(28)24-18-14-15(10-11-19(18)29-4)23-20(27)17-12-13-26(25-17)16-8-6-5-7-9-16/h5-14H,1-4H3,(H,23,27)(H,24,28). The zero-order chi connectivity index (χ0) is 21.7. The van der Waals surface area contributed by atoms with Crippen molar-refractivity contribution in [3.05, 3.63) is 66.5 Å². The molecule has 0 aliphatic rings. The Labute approximate surface area is 174 Å². The summed E-state index contributed by atoms with van der Waals surface area (Å²) in [5.41, 5.74) is 1.32. The molecule has 2 amide bonds. The summed E-state index contributed by atoms with van der Waals surface area (Å²) >= 11 is 0. The van der Waals surface area contributed by atoms with E-state index in [9.17, 15) is 9.59 Å². The van der Waals surface area contributed by atoms with Crippen molar-refractivity contribution in [1.82, 2.24) is 9.78 Å². The van der Waals surface area contributed by atoms with Crippen LogP contribution >= 0.6 is 0 Å². The minimum atomic E-state index is -0.638. The first-order valence-corrected chi connectivity index (χ1v) is 9.36. The van der Waals surface area contributed by atoms with Gasteiger partial charge in [-0.25, -0.2) is 9.48 Å². The maximum Gasteiger partial charge on any atom is 0.412 e. The summed E-state index contributed by atoms with van der Waals surface area (Å²) in [7, 11) is 1.49. The molecular formula is C22H24N4O4. The monoisotopic (exact) mass is 408 g/mol. The smallest absolute Gasteiger partial charge is 0.412 e. The Morgan fingerprint density at radius 3 is 2.40 bits per heavy atom. The van der Waals surface area contributed by atoms with E-state index in [-0.39, 0.29) is 11.6 Å². The number of benzene rings is 2. The average molecular weight is 408 g/mol. The average Bonchev–Trinajstić information content (AvgIpc) is 3.18. The van der Waals surface area contributed by atoms with Crippen LogP contribution in [-0.2, 0) is 4.74 Å². The van der Waals surface area contributed by atoms with Crippen LogP contribution < -0.4 is 15.4 Å². The second-order valence-electron chi connectivity index (χ2n) is 7.48. The summed E-state index contributed by atoms with van der Waals surface area (Å²) in [6, 6.07) is 16.0. The Kier molecular flexibility index (Phi) is 6.06. The predicted molar refractivity (Wildman–Crippen MR) is 114 cm³/mol. The van der Waals surface area contributed by atoms with Crippen molar-refractivity contribution >= 4 is 23.4 Å². The van der Waals surface area contributed by atoms with E-state index in [0.717, 1.165) is 5.69 Å². The molecule has 0 spiro atoms. The third kappa shape index (κ3) is 5.38. The number of aromatic nitrogens is 2. The summed E-state index contributed by atoms with van der Waals surface area (Å²) in [4.78, 5) is 24.7. The van der Waals surface area contributed by atoms with Gasteiger partial charge in [0, 0.05) is 11.9 Å². The fourth-order valence-corrected chi connectivity index (χ4v) is 2.66. The first-order valence-electron chi connectivity index (χ1n) is 9.36. The Hall–Kier alpha value is -3.81. The Morgan fingerprint density at radius 2 is 1.73 bits per heavy atom. The van der Waals surface area contributed by atoms with E-state index >= 15 is 0 Å². The van der Waals surface area contributed by atoms with E-state index in [4.69, 9.17) is 9.47 Å². The van der Waals surface area contributed by atoms with Crippen molar-refractivity contribution in [2.75, 3.05) is 17.7 Å². The highest BCUT2D eigenvalue weighted by atomic mass is 16.6. The number of para-hydroxylation sites is 1. The van der Waals surface area contributed by atoms with Crippen molar-refractivity contribution < 1.29 is 19.1 Å². The molecule has 156 valence electrons. The van der Waals surface area contributed by atoms with Gasteiger partial charge >= 0.3 is 6.09 Å². The van der Waals surface area contributed by atoms with Crippen LogP contribution in [0.3, 0.4) is 0 Å². The number of amides is 2. The molecule has 0 saturated heterocycles. The summed E-state index contributed by atoms with van der Waals surface area (Å²) < 4.78 is 12.2. The molecule has 0 atom stereocenters. The largest absolute Gasteiger partial charge is 0.495 e. The Bertz CT molecular complexity index is 1040. The van der Waals surface area contributed by atoms with E-state index in [1.165, 1.54) is 7.11 Å². The molecule has 1 aromatic heterocycles. The lowest BCUT2D eigenvalue weighted by atomic mass is 10.2. The maximum absolute atomic E-state index is 12.6. The van der Waals surface area contributed by atoms with Gasteiger partial charge in [-0.05, 0) is 57.2 Å². The van der Waals surface area contributed by atoms with Crippen LogP contribution in [0.15, 0.2) is 60.8 Å². The molecule has 30 heavy (non-hydrogen) atoms. The third-order valence-electron chi connectivity index (χ3n) is 3.94. The lowest BCUT2D eigenvalue weighted by molar-refractivity contribution is 0.0635. The first-order chi connectivity index (χ1) is 14.2. The molecule has 3 rings (SSSR count). The van der Waals surface area contributed by atoms with Gasteiger partial charge in [0.2, 0.25) is 0 Å². The fraction of sp³-hybridized carbons (Fsp3) is 0.227. The predicted octanol–water partition coefficient (Wildman–Crippen LogP) is 4.48. The van der Waals surface area contributed by atoms with E-state index in [1.807, 2.05) is 30.3 Å². The number of ether oxygens (including phenoxy) is 2. The van der Waals surface area contributed by atoms with Crippen molar-refractivity contribution in [1.29, 1.82) is 0 Å². The number of nitrogens with one attached hydrogen (secondary N) is 2. The summed E-state index contributed by atoms with van der Waals surface area (Å²) in [5, 5.41) is 9.73. The van der Waals surface area contributed by atoms with Crippen LogP contribution in [0.25, 0.3) is 5.69 Å². The molecule has 2 aromatic carbocycles. The molecule has 0 saturated carbocycles. The maximum atomic E-state index is 12.6. The molecule has 1 heterocycles. The quantitative estimate of drug-likeness (QED) is 0.649. The third-order valence-corrected chi connectivity index (χ3v) is 3.94. The number of methoxy groups -OCH3 is 1. The van der Waals surface area contributed by atoms with Gasteiger partial charge in [0.15, 0.2) is 5.69 Å². The molecule has 8 heteroatoms. The molecular weight excluding hydrogens is 384 g/mol. The number of hydrogen-bond donors (Lipinski definition) is 2. The topological polar surface area (TPSA) is 94.5 Å². The van der Waals surface area contributed by atoms with Gasteiger partial charge in [0.1, 0.15) is 11.4 Å². The van der Waals surface area contributed by atoms with Gasteiger partial charge in [-0.1, -0.05) is 18.2 Å². The zero-order valence-electron chi connectivity index (χ0n) is 17.3. The molecule has 0 aliphatic heterocycles. The molecule has 0 aliphatic carbocycles. The number of anilines is 2. The summed E-state index contributed by atoms with van der Waals surface area (Å²) in [6.07, 6.45) is 1.10. The minimum Gasteiger partial charge on any atom is -0.495 e. The van der Waals surface area contributed by atoms with Gasteiger partial charge in [-0.3, -0.25) is 10.1 Å². The number of carbonyl (C=O) groups is 2. The summed E-state index contributed by atoms with van der Waals surface area (Å²) in [6.45, 7) is 5.32. The van der Waals surface area contributed by atoms with Crippen LogP contribution in [-0.4, -0.2) is 34.5 Å². The molecule has 8 nitrogen and oxygen atoms in total. The normalized spacial score (nSPS) is 10.9. The lowest BCUT2D eigenvalue weighted by Gasteiger charge is -2.20. The molecule has 0 radical (unpaired) electrons. The number of hydrogen-bond acceptors (Lipinski definition) is 5. The first kappa shape index (κ1) is 20.9. The molecule has 0 unspecified atom stereocenters. The molecule has 2 N–H and O–H groups in total. The lowest BCUT2D eigenvalue weighted by Crippen LogP contribution is -2.27. The van der Waals surface area contributed by atoms with E-state index in [2.05, 4.69) is 15.7 Å². The van der Waals surface area contributed by atoms with E-state index in [1.54, 1.807) is 55.9 Å². The van der Waals surface area contributed by atoms with Gasteiger partial charge in [-0.15, -0.1) is 0 Å². The van der Waals surface area contributed by atoms with Gasteiger partial charge in [-0.2, -0.15) is 5.10 Å². The van der Waals surface area contributed by atoms with Gasteiger partial charge in [0.05, 0.1) is 18.5 Å². The highest BCUT2D eigenvalue weighted by Crippen LogP contribution is 2.28. The van der Waals surface area contributed by atoms with Crippen LogP contribution in [0.5, 0.6) is 5.75 Å². The fourth-order valence-electron chi connectivity index (χ4n) is 2.66. The van der Waals surface area contributed by atoms with Crippen LogP contribution in [0.1, 0.15) is 31.3 Å². The molecule has 0 bridgehead atoms. The van der Waals surface area contributed by atoms with Gasteiger partial charge < -0.3 is 14.8 Å². The van der Waals surface area contributed by atoms with Crippen LogP contribution in [0.4, 0.5) is 16.2 Å². The number of carbonyl (C=O) groups excluding carboxylic acids is 2. The van der Waals surface area contributed by atoms with E-state index < -0.39 is 11.7 Å². The molecule has 3 aromatic rings. The van der Waals surface area contributed by atoms with Gasteiger partial charge in [0.25, 0.3) is 5.91 Å². The second kappa shape index (κ2) is 8.69. The Morgan fingerprint density at radius 1 is 1.00 bits per heavy atom. The molecule has 0 fully saturated rings. The van der Waals surface area contributed by atoms with Crippen molar-refractivity contribution in [3.63, 3.8) is 0 Å². The highest BCUT2D eigenvalue weighted by Gasteiger charge is 2.18. The Balaban J connectivity index is 1.74. The van der Waals surface area contributed by atoms with Crippen LogP contribution in [0, 0.1) is 0 Å². The zero-order valence-corrected chi connectivity index (χ0v) is 17.3.